The van der Waals surface area contributed by atoms with Crippen molar-refractivity contribution in [2.24, 2.45) is 0 Å². The van der Waals surface area contributed by atoms with Crippen molar-refractivity contribution in [2.45, 2.75) is 6.42 Å². The van der Waals surface area contributed by atoms with E-state index in [-0.39, 0.29) is 18.1 Å². The Balaban J connectivity index is 2.26. The van der Waals surface area contributed by atoms with Crippen LogP contribution in [-0.2, 0) is 4.74 Å². The quantitative estimate of drug-likeness (QED) is 0.822. The molecule has 0 aromatic heterocycles. The minimum atomic E-state index is -0.464. The van der Waals surface area contributed by atoms with Gasteiger partial charge in [-0.2, -0.15) is 0 Å². The van der Waals surface area contributed by atoms with E-state index in [9.17, 15) is 9.18 Å². The van der Waals surface area contributed by atoms with Gasteiger partial charge in [-0.15, -0.1) is 0 Å². The molecular formula is C15H16FNO3. The first kappa shape index (κ1) is 14.5. The molecule has 0 spiro atoms. The first-order chi connectivity index (χ1) is 9.72. The second-order valence-corrected chi connectivity index (χ2v) is 4.37. The lowest BCUT2D eigenvalue weighted by atomic mass is 10.1. The van der Waals surface area contributed by atoms with Crippen molar-refractivity contribution in [2.75, 3.05) is 32.9 Å². The maximum Gasteiger partial charge on any atom is 0.255 e. The Morgan fingerprint density at radius 1 is 1.40 bits per heavy atom. The molecule has 0 bridgehead atoms. The van der Waals surface area contributed by atoms with Gasteiger partial charge in [0.25, 0.3) is 5.91 Å². The molecule has 1 N–H and O–H groups in total. The molecule has 1 aliphatic rings. The van der Waals surface area contributed by atoms with Gasteiger partial charge < -0.3 is 14.7 Å². The fourth-order valence-electron chi connectivity index (χ4n) is 1.95. The smallest absolute Gasteiger partial charge is 0.255 e. The van der Waals surface area contributed by atoms with Crippen molar-refractivity contribution in [3.63, 3.8) is 0 Å². The third-order valence-electron chi connectivity index (χ3n) is 2.97. The standard InChI is InChI=1S/C15H16FNO3/c16-13-5-4-12(3-1-2-8-18)14(11-13)15(19)17-6-9-20-10-7-17/h4-5,11,18H,2,6-10H2. The molecule has 0 aliphatic carbocycles. The van der Waals surface area contributed by atoms with Gasteiger partial charge in [0.05, 0.1) is 25.4 Å². The van der Waals surface area contributed by atoms with E-state index in [1.165, 1.54) is 18.2 Å². The van der Waals surface area contributed by atoms with E-state index in [0.717, 1.165) is 0 Å². The lowest BCUT2D eigenvalue weighted by molar-refractivity contribution is 0.0302. The molecule has 1 amide bonds. The summed E-state index contributed by atoms with van der Waals surface area (Å²) in [5.41, 5.74) is 0.744. The molecule has 0 saturated carbocycles. The van der Waals surface area contributed by atoms with Crippen molar-refractivity contribution in [1.29, 1.82) is 0 Å². The highest BCUT2D eigenvalue weighted by molar-refractivity contribution is 5.96. The summed E-state index contributed by atoms with van der Waals surface area (Å²) >= 11 is 0. The predicted octanol–water partition coefficient (Wildman–Crippen LogP) is 1.03. The van der Waals surface area contributed by atoms with Crippen LogP contribution in [0.25, 0.3) is 0 Å². The van der Waals surface area contributed by atoms with Gasteiger partial charge in [0.15, 0.2) is 0 Å². The van der Waals surface area contributed by atoms with Gasteiger partial charge in [-0.1, -0.05) is 11.8 Å². The Bertz CT molecular complexity index is 542. The van der Waals surface area contributed by atoms with Crippen molar-refractivity contribution in [3.05, 3.63) is 35.1 Å². The number of aliphatic hydroxyl groups excluding tert-OH is 1. The molecule has 1 fully saturated rings. The zero-order chi connectivity index (χ0) is 14.4. The lowest BCUT2D eigenvalue weighted by Crippen LogP contribution is -2.41. The lowest BCUT2D eigenvalue weighted by Gasteiger charge is -2.27. The topological polar surface area (TPSA) is 49.8 Å². The van der Waals surface area contributed by atoms with Crippen LogP contribution in [0.15, 0.2) is 18.2 Å². The number of morpholine rings is 1. The maximum absolute atomic E-state index is 13.4. The molecule has 1 aromatic rings. The second kappa shape index (κ2) is 7.04. The van der Waals surface area contributed by atoms with Crippen LogP contribution in [-0.4, -0.2) is 48.8 Å². The van der Waals surface area contributed by atoms with Crippen LogP contribution >= 0.6 is 0 Å². The molecule has 0 atom stereocenters. The normalized spacial score (nSPS) is 14.6. The number of carbonyl (C=O) groups excluding carboxylic acids is 1. The number of carbonyl (C=O) groups is 1. The predicted molar refractivity (Wildman–Crippen MR) is 71.7 cm³/mol. The summed E-state index contributed by atoms with van der Waals surface area (Å²) in [6.07, 6.45) is 0.322. The van der Waals surface area contributed by atoms with E-state index in [2.05, 4.69) is 11.8 Å². The van der Waals surface area contributed by atoms with Gasteiger partial charge in [0, 0.05) is 25.1 Å². The first-order valence-electron chi connectivity index (χ1n) is 6.48. The summed E-state index contributed by atoms with van der Waals surface area (Å²) in [7, 11) is 0. The third kappa shape index (κ3) is 3.56. The third-order valence-corrected chi connectivity index (χ3v) is 2.97. The van der Waals surface area contributed by atoms with Gasteiger partial charge in [0.1, 0.15) is 5.82 Å². The first-order valence-corrected chi connectivity index (χ1v) is 6.48. The summed E-state index contributed by atoms with van der Waals surface area (Å²) in [6.45, 7) is 1.94. The summed E-state index contributed by atoms with van der Waals surface area (Å²) in [5, 5.41) is 8.72. The zero-order valence-corrected chi connectivity index (χ0v) is 11.1. The van der Waals surface area contributed by atoms with Crippen LogP contribution in [0.1, 0.15) is 22.3 Å². The second-order valence-electron chi connectivity index (χ2n) is 4.37. The van der Waals surface area contributed by atoms with Gasteiger partial charge >= 0.3 is 0 Å². The van der Waals surface area contributed by atoms with Crippen LogP contribution in [0.4, 0.5) is 4.39 Å². The molecule has 0 radical (unpaired) electrons. The Labute approximate surface area is 117 Å². The number of halogens is 1. The fourth-order valence-corrected chi connectivity index (χ4v) is 1.95. The fraction of sp³-hybridized carbons (Fsp3) is 0.400. The number of ether oxygens (including phenoxy) is 1. The average Bonchev–Trinajstić information content (AvgIpc) is 2.49. The molecular weight excluding hydrogens is 261 g/mol. The number of amides is 1. The molecule has 1 aliphatic heterocycles. The van der Waals surface area contributed by atoms with Crippen molar-refractivity contribution < 1.29 is 19.0 Å². The van der Waals surface area contributed by atoms with Crippen LogP contribution in [0.2, 0.25) is 0 Å². The number of nitrogens with zero attached hydrogens (tertiary/aromatic N) is 1. The number of hydrogen-bond donors (Lipinski definition) is 1. The molecule has 4 nitrogen and oxygen atoms in total. The molecule has 1 saturated heterocycles. The van der Waals surface area contributed by atoms with Crippen LogP contribution in [0.5, 0.6) is 0 Å². The minimum absolute atomic E-state index is 0.0407. The van der Waals surface area contributed by atoms with Gasteiger partial charge in [-0.25, -0.2) is 4.39 Å². The molecule has 0 unspecified atom stereocenters. The SMILES string of the molecule is O=C(c1cc(F)ccc1C#CCCO)N1CCOCC1. The van der Waals surface area contributed by atoms with E-state index in [1.807, 2.05) is 0 Å². The van der Waals surface area contributed by atoms with Crippen molar-refractivity contribution >= 4 is 5.91 Å². The van der Waals surface area contributed by atoms with E-state index < -0.39 is 5.82 Å². The summed E-state index contributed by atoms with van der Waals surface area (Å²) in [4.78, 5) is 14.0. The Kier molecular flexibility index (Phi) is 5.10. The van der Waals surface area contributed by atoms with Crippen LogP contribution < -0.4 is 0 Å². The van der Waals surface area contributed by atoms with E-state index in [0.29, 0.717) is 38.3 Å². The Morgan fingerprint density at radius 3 is 2.85 bits per heavy atom. The molecule has 20 heavy (non-hydrogen) atoms. The molecule has 2 rings (SSSR count). The highest BCUT2D eigenvalue weighted by atomic mass is 19.1. The largest absolute Gasteiger partial charge is 0.395 e. The highest BCUT2D eigenvalue weighted by Crippen LogP contribution is 2.14. The van der Waals surface area contributed by atoms with Crippen molar-refractivity contribution in [3.8, 4) is 11.8 Å². The number of benzene rings is 1. The number of aliphatic hydroxyl groups is 1. The molecule has 106 valence electrons. The van der Waals surface area contributed by atoms with Crippen LogP contribution in [0, 0.1) is 17.7 Å². The summed E-state index contributed by atoms with van der Waals surface area (Å²) in [5.74, 6) is 4.86. The Morgan fingerprint density at radius 2 is 2.15 bits per heavy atom. The summed E-state index contributed by atoms with van der Waals surface area (Å²) < 4.78 is 18.6. The summed E-state index contributed by atoms with van der Waals surface area (Å²) in [6, 6.07) is 3.98. The van der Waals surface area contributed by atoms with Crippen molar-refractivity contribution in [1.82, 2.24) is 4.90 Å². The average molecular weight is 277 g/mol. The van der Waals surface area contributed by atoms with E-state index >= 15 is 0 Å². The molecule has 1 heterocycles. The monoisotopic (exact) mass is 277 g/mol. The molecule has 5 heteroatoms. The maximum atomic E-state index is 13.4. The van der Waals surface area contributed by atoms with Gasteiger partial charge in [0.2, 0.25) is 0 Å². The van der Waals surface area contributed by atoms with Gasteiger partial charge in [-0.3, -0.25) is 4.79 Å². The van der Waals surface area contributed by atoms with E-state index in [1.54, 1.807) is 4.90 Å². The zero-order valence-electron chi connectivity index (χ0n) is 11.1. The van der Waals surface area contributed by atoms with E-state index in [4.69, 9.17) is 9.84 Å². The van der Waals surface area contributed by atoms with Crippen LogP contribution in [0.3, 0.4) is 0 Å². The highest BCUT2D eigenvalue weighted by Gasteiger charge is 2.21. The molecule has 1 aromatic carbocycles. The minimum Gasteiger partial charge on any atom is -0.395 e. The van der Waals surface area contributed by atoms with Gasteiger partial charge in [-0.05, 0) is 18.2 Å². The Hall–Kier alpha value is -1.90. The number of rotatable bonds is 2. The number of hydrogen-bond acceptors (Lipinski definition) is 3.